The summed E-state index contributed by atoms with van der Waals surface area (Å²) < 4.78 is 38.2. The highest BCUT2D eigenvalue weighted by molar-refractivity contribution is 7.92. The van der Waals surface area contributed by atoms with E-state index < -0.39 is 22.5 Å². The number of nitrogens with one attached hydrogen (secondary N) is 1. The fourth-order valence-corrected chi connectivity index (χ4v) is 4.78. The van der Waals surface area contributed by atoms with E-state index in [-0.39, 0.29) is 17.1 Å². The fourth-order valence-electron chi connectivity index (χ4n) is 3.06. The van der Waals surface area contributed by atoms with Crippen LogP contribution in [0.25, 0.3) is 0 Å². The number of hydrogen-bond acceptors (Lipinski definition) is 5. The number of nitrogens with zero attached hydrogens (tertiary/aromatic N) is 1. The molecule has 10 heteroatoms. The number of anilines is 1. The van der Waals surface area contributed by atoms with Gasteiger partial charge in [-0.05, 0) is 60.2 Å². The van der Waals surface area contributed by atoms with Crippen molar-refractivity contribution >= 4 is 44.8 Å². The molecule has 7 nitrogen and oxygen atoms in total. The van der Waals surface area contributed by atoms with E-state index in [1.54, 1.807) is 36.4 Å². The highest BCUT2D eigenvalue weighted by Crippen LogP contribution is 2.28. The Kier molecular flexibility index (Phi) is 8.07. The van der Waals surface area contributed by atoms with Crippen LogP contribution in [0.1, 0.15) is 5.56 Å². The van der Waals surface area contributed by atoms with Gasteiger partial charge in [-0.25, -0.2) is 8.42 Å². The Bertz CT molecular complexity index is 1230. The second-order valence-corrected chi connectivity index (χ2v) is 9.65. The van der Waals surface area contributed by atoms with Gasteiger partial charge in [0.1, 0.15) is 6.54 Å². The summed E-state index contributed by atoms with van der Waals surface area (Å²) in [6, 6.07) is 17.2. The van der Waals surface area contributed by atoms with Crippen LogP contribution in [0, 0.1) is 0 Å². The molecule has 1 N–H and O–H groups in total. The Balaban J connectivity index is 1.83. The Morgan fingerprint density at radius 2 is 1.61 bits per heavy atom. The molecule has 33 heavy (non-hydrogen) atoms. The molecule has 0 unspecified atom stereocenters. The van der Waals surface area contributed by atoms with Crippen LogP contribution in [-0.4, -0.2) is 35.1 Å². The van der Waals surface area contributed by atoms with Gasteiger partial charge in [-0.2, -0.15) is 0 Å². The Morgan fingerprint density at radius 1 is 0.909 bits per heavy atom. The maximum atomic E-state index is 13.3. The van der Waals surface area contributed by atoms with Crippen molar-refractivity contribution < 1.29 is 22.7 Å². The minimum atomic E-state index is -4.07. The Labute approximate surface area is 202 Å². The predicted octanol–water partition coefficient (Wildman–Crippen LogP) is 4.52. The highest BCUT2D eigenvalue weighted by Gasteiger charge is 2.27. The van der Waals surface area contributed by atoms with E-state index in [1.807, 2.05) is 0 Å². The number of sulfonamides is 1. The molecule has 0 aliphatic carbocycles. The number of amides is 1. The van der Waals surface area contributed by atoms with Crippen LogP contribution < -0.4 is 19.1 Å². The number of methoxy groups -OCH3 is 2. The van der Waals surface area contributed by atoms with Crippen molar-refractivity contribution in [1.82, 2.24) is 5.32 Å². The van der Waals surface area contributed by atoms with Gasteiger partial charge in [0.15, 0.2) is 11.5 Å². The van der Waals surface area contributed by atoms with E-state index in [0.29, 0.717) is 21.5 Å². The summed E-state index contributed by atoms with van der Waals surface area (Å²) >= 11 is 12.0. The monoisotopic (exact) mass is 508 g/mol. The Hall–Kier alpha value is -2.94. The first-order chi connectivity index (χ1) is 15.7. The molecular formula is C23H22Cl2N2O5S. The van der Waals surface area contributed by atoms with E-state index >= 15 is 0 Å². The van der Waals surface area contributed by atoms with E-state index in [1.165, 1.54) is 44.6 Å². The molecule has 0 fully saturated rings. The zero-order chi connectivity index (χ0) is 24.0. The summed E-state index contributed by atoms with van der Waals surface area (Å²) in [5, 5.41) is 3.48. The van der Waals surface area contributed by atoms with Gasteiger partial charge in [0.05, 0.1) is 24.8 Å². The summed E-state index contributed by atoms with van der Waals surface area (Å²) in [6.45, 7) is -0.276. The van der Waals surface area contributed by atoms with Gasteiger partial charge in [0.25, 0.3) is 10.0 Å². The normalized spacial score (nSPS) is 11.0. The van der Waals surface area contributed by atoms with Gasteiger partial charge < -0.3 is 14.8 Å². The largest absolute Gasteiger partial charge is 0.493 e. The summed E-state index contributed by atoms with van der Waals surface area (Å²) in [5.74, 6) is 0.589. The molecule has 0 aliphatic heterocycles. The lowest BCUT2D eigenvalue weighted by molar-refractivity contribution is -0.119. The van der Waals surface area contributed by atoms with E-state index in [4.69, 9.17) is 32.7 Å². The van der Waals surface area contributed by atoms with Crippen molar-refractivity contribution in [1.29, 1.82) is 0 Å². The molecule has 0 radical (unpaired) electrons. The number of halogens is 2. The molecule has 3 aromatic carbocycles. The second kappa shape index (κ2) is 10.8. The van der Waals surface area contributed by atoms with Crippen LogP contribution in [0.15, 0.2) is 71.6 Å². The number of ether oxygens (including phenoxy) is 2. The lowest BCUT2D eigenvalue weighted by atomic mass is 10.2. The molecular weight excluding hydrogens is 487 g/mol. The summed E-state index contributed by atoms with van der Waals surface area (Å²) in [5.41, 5.74) is 1.02. The topological polar surface area (TPSA) is 84.9 Å². The SMILES string of the molecule is COc1ccc(CNC(=O)CN(c2cccc(Cl)c2)S(=O)(=O)c2ccc(Cl)cc2)cc1OC. The predicted molar refractivity (Wildman–Crippen MR) is 129 cm³/mol. The standard InChI is InChI=1S/C23H22Cl2N2O5S/c1-31-21-11-6-16(12-22(21)32-2)14-26-23(28)15-27(19-5-3-4-18(25)13-19)33(29,30)20-9-7-17(24)8-10-20/h3-13H,14-15H2,1-2H3,(H,26,28). The first-order valence-electron chi connectivity index (χ1n) is 9.76. The third kappa shape index (κ3) is 6.10. The lowest BCUT2D eigenvalue weighted by Gasteiger charge is -2.24. The number of rotatable bonds is 9. The average Bonchev–Trinajstić information content (AvgIpc) is 2.81. The zero-order valence-corrected chi connectivity index (χ0v) is 20.2. The number of hydrogen-bond donors (Lipinski definition) is 1. The van der Waals surface area contributed by atoms with Gasteiger partial charge in [-0.3, -0.25) is 9.10 Å². The third-order valence-corrected chi connectivity index (χ3v) is 7.00. The smallest absolute Gasteiger partial charge is 0.264 e. The van der Waals surface area contributed by atoms with Crippen molar-refractivity contribution in [2.75, 3.05) is 25.1 Å². The minimum Gasteiger partial charge on any atom is -0.493 e. The van der Waals surface area contributed by atoms with Gasteiger partial charge >= 0.3 is 0 Å². The molecule has 3 aromatic rings. The van der Waals surface area contributed by atoms with Crippen LogP contribution in [0.5, 0.6) is 11.5 Å². The van der Waals surface area contributed by atoms with Crippen molar-refractivity contribution in [3.05, 3.63) is 82.3 Å². The second-order valence-electron chi connectivity index (χ2n) is 6.91. The molecule has 0 aromatic heterocycles. The van der Waals surface area contributed by atoms with Gasteiger partial charge in [-0.15, -0.1) is 0 Å². The van der Waals surface area contributed by atoms with E-state index in [2.05, 4.69) is 5.32 Å². The maximum absolute atomic E-state index is 13.3. The van der Waals surface area contributed by atoms with Crippen LogP contribution in [0.2, 0.25) is 10.0 Å². The number of carbonyl (C=O) groups is 1. The summed E-state index contributed by atoms with van der Waals surface area (Å²) in [7, 11) is -1.02. The van der Waals surface area contributed by atoms with Crippen LogP contribution >= 0.6 is 23.2 Å². The van der Waals surface area contributed by atoms with Gasteiger partial charge in [0.2, 0.25) is 5.91 Å². The molecule has 174 valence electrons. The highest BCUT2D eigenvalue weighted by atomic mass is 35.5. The molecule has 0 aliphatic rings. The first-order valence-corrected chi connectivity index (χ1v) is 12.0. The van der Waals surface area contributed by atoms with Crippen molar-refractivity contribution in [2.24, 2.45) is 0 Å². The van der Waals surface area contributed by atoms with Crippen molar-refractivity contribution in [3.63, 3.8) is 0 Å². The molecule has 0 spiro atoms. The quantitative estimate of drug-likeness (QED) is 0.459. The summed E-state index contributed by atoms with van der Waals surface area (Å²) in [4.78, 5) is 12.8. The minimum absolute atomic E-state index is 0.000402. The molecule has 0 saturated heterocycles. The average molecular weight is 509 g/mol. The summed E-state index contributed by atoms with van der Waals surface area (Å²) in [6.07, 6.45) is 0. The number of carbonyl (C=O) groups excluding carboxylic acids is 1. The van der Waals surface area contributed by atoms with Crippen LogP contribution in [-0.2, 0) is 21.4 Å². The molecule has 1 amide bonds. The molecule has 0 bridgehead atoms. The zero-order valence-electron chi connectivity index (χ0n) is 17.9. The van der Waals surface area contributed by atoms with Crippen LogP contribution in [0.3, 0.4) is 0 Å². The van der Waals surface area contributed by atoms with Crippen molar-refractivity contribution in [2.45, 2.75) is 11.4 Å². The van der Waals surface area contributed by atoms with Gasteiger partial charge in [0, 0.05) is 16.6 Å². The van der Waals surface area contributed by atoms with Gasteiger partial charge in [-0.1, -0.05) is 35.3 Å². The molecule has 3 rings (SSSR count). The first kappa shape index (κ1) is 24.7. The third-order valence-electron chi connectivity index (χ3n) is 4.72. The van der Waals surface area contributed by atoms with E-state index in [9.17, 15) is 13.2 Å². The molecule has 0 heterocycles. The van der Waals surface area contributed by atoms with Crippen LogP contribution in [0.4, 0.5) is 5.69 Å². The molecule has 0 atom stereocenters. The number of benzene rings is 3. The lowest BCUT2D eigenvalue weighted by Crippen LogP contribution is -2.40. The Morgan fingerprint density at radius 3 is 2.24 bits per heavy atom. The van der Waals surface area contributed by atoms with Crippen molar-refractivity contribution in [3.8, 4) is 11.5 Å². The fraction of sp³-hybridized carbons (Fsp3) is 0.174. The molecule has 0 saturated carbocycles. The maximum Gasteiger partial charge on any atom is 0.264 e. The van der Waals surface area contributed by atoms with E-state index in [0.717, 1.165) is 9.87 Å².